The molecular weight excluding hydrogens is 268 g/mol. The van der Waals surface area contributed by atoms with Crippen molar-refractivity contribution in [2.45, 2.75) is 11.8 Å². The fourth-order valence-corrected chi connectivity index (χ4v) is 2.06. The van der Waals surface area contributed by atoms with Crippen LogP contribution in [0.3, 0.4) is 0 Å². The molecule has 1 aromatic carbocycles. The molecular formula is C12H12N2O4S. The number of hydrogen-bond donors (Lipinski definition) is 2. The zero-order chi connectivity index (χ0) is 14.0. The number of nitrogens with one attached hydrogen (secondary N) is 1. The maximum absolute atomic E-state index is 11.8. The van der Waals surface area contributed by atoms with Crippen LogP contribution in [0.4, 0.5) is 5.69 Å². The average molecular weight is 280 g/mol. The minimum Gasteiger partial charge on any atom is -0.456 e. The summed E-state index contributed by atoms with van der Waals surface area (Å²) in [6.07, 6.45) is 0. The second kappa shape index (κ2) is 4.87. The summed E-state index contributed by atoms with van der Waals surface area (Å²) in [5, 5.41) is 7.54. The molecule has 6 nitrogen and oxygen atoms in total. The molecule has 100 valence electrons. The van der Waals surface area contributed by atoms with Crippen LogP contribution in [0.1, 0.15) is 16.3 Å². The van der Waals surface area contributed by atoms with Gasteiger partial charge in [0.25, 0.3) is 5.91 Å². The Morgan fingerprint density at radius 1 is 1.26 bits per heavy atom. The van der Waals surface area contributed by atoms with Gasteiger partial charge in [-0.3, -0.25) is 4.79 Å². The van der Waals surface area contributed by atoms with Crippen molar-refractivity contribution in [1.29, 1.82) is 0 Å². The fourth-order valence-electron chi connectivity index (χ4n) is 1.50. The van der Waals surface area contributed by atoms with Gasteiger partial charge in [0.2, 0.25) is 10.0 Å². The maximum atomic E-state index is 11.8. The predicted molar refractivity (Wildman–Crippen MR) is 69.2 cm³/mol. The number of amides is 1. The van der Waals surface area contributed by atoms with Gasteiger partial charge in [0.1, 0.15) is 5.76 Å². The van der Waals surface area contributed by atoms with Crippen LogP contribution >= 0.6 is 0 Å². The normalized spacial score (nSPS) is 11.3. The van der Waals surface area contributed by atoms with Gasteiger partial charge in [0, 0.05) is 5.69 Å². The lowest BCUT2D eigenvalue weighted by molar-refractivity contribution is 0.0995. The van der Waals surface area contributed by atoms with E-state index in [0.717, 1.165) is 0 Å². The Kier molecular flexibility index (Phi) is 3.41. The SMILES string of the molecule is Cc1ccc(C(=O)Nc2cccc(S(N)(=O)=O)c2)o1. The Hall–Kier alpha value is -2.12. The number of nitrogens with two attached hydrogens (primary N) is 1. The van der Waals surface area contributed by atoms with E-state index in [9.17, 15) is 13.2 Å². The van der Waals surface area contributed by atoms with Gasteiger partial charge in [-0.1, -0.05) is 6.07 Å². The molecule has 0 aliphatic carbocycles. The summed E-state index contributed by atoms with van der Waals surface area (Å²) in [6.45, 7) is 1.72. The zero-order valence-corrected chi connectivity index (χ0v) is 10.9. The van der Waals surface area contributed by atoms with Crippen molar-refractivity contribution >= 4 is 21.6 Å². The van der Waals surface area contributed by atoms with E-state index in [4.69, 9.17) is 9.56 Å². The molecule has 2 rings (SSSR count). The van der Waals surface area contributed by atoms with E-state index >= 15 is 0 Å². The standard InChI is InChI=1S/C12H12N2O4S/c1-8-5-6-11(18-8)12(15)14-9-3-2-4-10(7-9)19(13,16)17/h2-7H,1H3,(H,14,15)(H2,13,16,17). The average Bonchev–Trinajstić information content (AvgIpc) is 2.75. The van der Waals surface area contributed by atoms with Crippen molar-refractivity contribution in [1.82, 2.24) is 0 Å². The highest BCUT2D eigenvalue weighted by Crippen LogP contribution is 2.16. The first-order valence-corrected chi connectivity index (χ1v) is 6.91. The molecule has 0 fully saturated rings. The van der Waals surface area contributed by atoms with Gasteiger partial charge in [0.05, 0.1) is 4.90 Å². The number of rotatable bonds is 3. The zero-order valence-electron chi connectivity index (χ0n) is 10.1. The number of benzene rings is 1. The molecule has 0 spiro atoms. The van der Waals surface area contributed by atoms with Crippen LogP contribution in [0.15, 0.2) is 45.7 Å². The molecule has 0 saturated heterocycles. The van der Waals surface area contributed by atoms with Crippen LogP contribution in [0, 0.1) is 6.92 Å². The third-order valence-corrected chi connectivity index (χ3v) is 3.30. The molecule has 0 radical (unpaired) electrons. The molecule has 0 aliphatic heterocycles. The number of carbonyl (C=O) groups excluding carboxylic acids is 1. The second-order valence-corrected chi connectivity index (χ2v) is 5.50. The Balaban J connectivity index is 2.22. The summed E-state index contributed by atoms with van der Waals surface area (Å²) in [6, 6.07) is 8.88. The highest BCUT2D eigenvalue weighted by molar-refractivity contribution is 7.89. The number of aryl methyl sites for hydroxylation is 1. The summed E-state index contributed by atoms with van der Waals surface area (Å²) in [5.41, 5.74) is 0.325. The van der Waals surface area contributed by atoms with Crippen LogP contribution in [0.5, 0.6) is 0 Å². The van der Waals surface area contributed by atoms with E-state index < -0.39 is 15.9 Å². The Bertz CT molecular complexity index is 719. The molecule has 1 amide bonds. The third kappa shape index (κ3) is 3.21. The van der Waals surface area contributed by atoms with E-state index in [-0.39, 0.29) is 10.7 Å². The number of hydrogen-bond acceptors (Lipinski definition) is 4. The van der Waals surface area contributed by atoms with Crippen molar-refractivity contribution in [3.8, 4) is 0 Å². The van der Waals surface area contributed by atoms with Crippen LogP contribution < -0.4 is 10.5 Å². The molecule has 7 heteroatoms. The quantitative estimate of drug-likeness (QED) is 0.889. The van der Waals surface area contributed by atoms with Gasteiger partial charge in [-0.05, 0) is 37.3 Å². The van der Waals surface area contributed by atoms with Gasteiger partial charge >= 0.3 is 0 Å². The van der Waals surface area contributed by atoms with E-state index in [1.807, 2.05) is 0 Å². The first-order valence-electron chi connectivity index (χ1n) is 5.37. The number of carbonyl (C=O) groups is 1. The molecule has 19 heavy (non-hydrogen) atoms. The Labute approximate surface area is 110 Å². The van der Waals surface area contributed by atoms with Crippen molar-refractivity contribution in [2.75, 3.05) is 5.32 Å². The van der Waals surface area contributed by atoms with Gasteiger partial charge in [-0.25, -0.2) is 13.6 Å². The van der Waals surface area contributed by atoms with Crippen LogP contribution in [-0.4, -0.2) is 14.3 Å². The fraction of sp³-hybridized carbons (Fsp3) is 0.0833. The van der Waals surface area contributed by atoms with Crippen molar-refractivity contribution in [3.63, 3.8) is 0 Å². The second-order valence-electron chi connectivity index (χ2n) is 3.94. The molecule has 0 saturated carbocycles. The maximum Gasteiger partial charge on any atom is 0.291 e. The highest BCUT2D eigenvalue weighted by Gasteiger charge is 2.12. The first kappa shape index (κ1) is 13.3. The number of anilines is 1. The number of furan rings is 1. The monoisotopic (exact) mass is 280 g/mol. The molecule has 0 atom stereocenters. The smallest absolute Gasteiger partial charge is 0.291 e. The lowest BCUT2D eigenvalue weighted by Crippen LogP contribution is -2.14. The summed E-state index contributed by atoms with van der Waals surface area (Å²) in [5.74, 6) is 0.307. The molecule has 2 aromatic rings. The molecule has 0 aliphatic rings. The summed E-state index contributed by atoms with van der Waals surface area (Å²) in [7, 11) is -3.80. The Morgan fingerprint density at radius 2 is 2.00 bits per heavy atom. The van der Waals surface area contributed by atoms with Crippen LogP contribution in [0.2, 0.25) is 0 Å². The highest BCUT2D eigenvalue weighted by atomic mass is 32.2. The molecule has 0 bridgehead atoms. The summed E-state index contributed by atoms with van der Waals surface area (Å²) >= 11 is 0. The van der Waals surface area contributed by atoms with Gasteiger partial charge in [-0.15, -0.1) is 0 Å². The van der Waals surface area contributed by atoms with Crippen molar-refractivity contribution in [2.24, 2.45) is 5.14 Å². The topological polar surface area (TPSA) is 102 Å². The van der Waals surface area contributed by atoms with Gasteiger partial charge in [-0.2, -0.15) is 0 Å². The van der Waals surface area contributed by atoms with E-state index in [2.05, 4.69) is 5.32 Å². The summed E-state index contributed by atoms with van der Waals surface area (Å²) < 4.78 is 27.5. The van der Waals surface area contributed by atoms with Gasteiger partial charge < -0.3 is 9.73 Å². The van der Waals surface area contributed by atoms with Crippen LogP contribution in [-0.2, 0) is 10.0 Å². The number of sulfonamides is 1. The predicted octanol–water partition coefficient (Wildman–Crippen LogP) is 1.49. The van der Waals surface area contributed by atoms with E-state index in [0.29, 0.717) is 11.4 Å². The van der Waals surface area contributed by atoms with Crippen molar-refractivity contribution in [3.05, 3.63) is 47.9 Å². The largest absolute Gasteiger partial charge is 0.456 e. The minimum absolute atomic E-state index is 0.0686. The summed E-state index contributed by atoms with van der Waals surface area (Å²) in [4.78, 5) is 11.7. The molecule has 1 aromatic heterocycles. The van der Waals surface area contributed by atoms with Gasteiger partial charge in [0.15, 0.2) is 5.76 Å². The molecule has 3 N–H and O–H groups in total. The number of primary sulfonamides is 1. The lowest BCUT2D eigenvalue weighted by Gasteiger charge is -2.05. The van der Waals surface area contributed by atoms with Crippen molar-refractivity contribution < 1.29 is 17.6 Å². The molecule has 0 unspecified atom stereocenters. The molecule has 1 heterocycles. The van der Waals surface area contributed by atoms with E-state index in [1.165, 1.54) is 24.3 Å². The third-order valence-electron chi connectivity index (χ3n) is 2.38. The minimum atomic E-state index is -3.80. The lowest BCUT2D eigenvalue weighted by atomic mass is 10.3. The van der Waals surface area contributed by atoms with E-state index in [1.54, 1.807) is 19.1 Å². The Morgan fingerprint density at radius 3 is 2.58 bits per heavy atom. The van der Waals surface area contributed by atoms with Crippen LogP contribution in [0.25, 0.3) is 0 Å². The first-order chi connectivity index (χ1) is 8.86.